The number of aromatic nitrogens is 1. The molecule has 1 aromatic rings. The van der Waals surface area contributed by atoms with Crippen LogP contribution in [0.2, 0.25) is 0 Å². The van der Waals surface area contributed by atoms with Crippen molar-refractivity contribution in [2.45, 2.75) is 52.6 Å². The molecule has 0 fully saturated rings. The van der Waals surface area contributed by atoms with Crippen molar-refractivity contribution in [1.29, 1.82) is 0 Å². The van der Waals surface area contributed by atoms with Gasteiger partial charge in [0.1, 0.15) is 5.69 Å². The maximum atomic E-state index is 12.5. The highest BCUT2D eigenvalue weighted by Gasteiger charge is 2.20. The van der Waals surface area contributed by atoms with Gasteiger partial charge in [0, 0.05) is 30.3 Å². The molecule has 1 heterocycles. The van der Waals surface area contributed by atoms with Gasteiger partial charge in [0.05, 0.1) is 0 Å². The van der Waals surface area contributed by atoms with Crippen LogP contribution in [0.15, 0.2) is 16.7 Å². The average Bonchev–Trinajstić information content (AvgIpc) is 2.69. The first-order valence-corrected chi connectivity index (χ1v) is 7.43. The van der Waals surface area contributed by atoms with Crippen LogP contribution < -0.4 is 0 Å². The molecular weight excluding hydrogens is 292 g/mol. The van der Waals surface area contributed by atoms with E-state index in [0.29, 0.717) is 0 Å². The van der Waals surface area contributed by atoms with Crippen LogP contribution in [0.1, 0.15) is 50.5 Å². The first-order chi connectivity index (χ1) is 8.51. The van der Waals surface area contributed by atoms with Gasteiger partial charge in [0.2, 0.25) is 0 Å². The Hall–Kier alpha value is -0.770. The highest BCUT2D eigenvalue weighted by Crippen LogP contribution is 2.18. The van der Waals surface area contributed by atoms with E-state index in [-0.39, 0.29) is 11.9 Å². The third kappa shape index (κ3) is 3.61. The number of rotatable bonds is 6. The van der Waals surface area contributed by atoms with Gasteiger partial charge in [-0.1, -0.05) is 20.3 Å². The van der Waals surface area contributed by atoms with E-state index in [4.69, 9.17) is 0 Å². The third-order valence-corrected chi connectivity index (χ3v) is 3.67. The average molecular weight is 315 g/mol. The molecule has 0 aromatic carbocycles. The fraction of sp³-hybridized carbons (Fsp3) is 0.643. The Balaban J connectivity index is 2.88. The van der Waals surface area contributed by atoms with Gasteiger partial charge in [-0.15, -0.1) is 0 Å². The first-order valence-electron chi connectivity index (χ1n) is 6.64. The van der Waals surface area contributed by atoms with Crippen LogP contribution in [0, 0.1) is 0 Å². The Bertz CT molecular complexity index is 400. The summed E-state index contributed by atoms with van der Waals surface area (Å²) in [5.41, 5.74) is 0.772. The number of halogens is 1. The normalized spacial score (nSPS) is 12.5. The summed E-state index contributed by atoms with van der Waals surface area (Å²) in [5.74, 6) is 0.107. The molecule has 0 aliphatic carbocycles. The van der Waals surface area contributed by atoms with Crippen molar-refractivity contribution < 1.29 is 4.79 Å². The Labute approximate surface area is 118 Å². The monoisotopic (exact) mass is 314 g/mol. The standard InChI is InChI=1S/C14H23BrN2O/c1-5-7-11(3)16(4)14(18)13-9-12(15)10-17(13)8-6-2/h9-11H,5-8H2,1-4H3. The molecule has 1 aromatic heterocycles. The maximum absolute atomic E-state index is 12.5. The van der Waals surface area contributed by atoms with Gasteiger partial charge in [-0.2, -0.15) is 0 Å². The van der Waals surface area contributed by atoms with E-state index in [9.17, 15) is 4.79 Å². The summed E-state index contributed by atoms with van der Waals surface area (Å²) >= 11 is 3.45. The SMILES string of the molecule is CCCC(C)N(C)C(=O)c1cc(Br)cn1CCC. The predicted octanol–water partition coefficient (Wildman–Crippen LogP) is 3.92. The molecule has 0 saturated carbocycles. The lowest BCUT2D eigenvalue weighted by atomic mass is 10.1. The number of carbonyl (C=O) groups excluding carboxylic acids is 1. The third-order valence-electron chi connectivity index (χ3n) is 3.23. The molecule has 0 saturated heterocycles. The number of carbonyl (C=O) groups is 1. The van der Waals surface area contributed by atoms with E-state index >= 15 is 0 Å². The summed E-state index contributed by atoms with van der Waals surface area (Å²) in [6.07, 6.45) is 5.14. The first kappa shape index (κ1) is 15.3. The lowest BCUT2D eigenvalue weighted by Crippen LogP contribution is -2.36. The lowest BCUT2D eigenvalue weighted by Gasteiger charge is -2.25. The molecule has 0 bridgehead atoms. The fourth-order valence-electron chi connectivity index (χ4n) is 2.07. The largest absolute Gasteiger partial charge is 0.342 e. The van der Waals surface area contributed by atoms with Gasteiger partial charge >= 0.3 is 0 Å². The van der Waals surface area contributed by atoms with Gasteiger partial charge < -0.3 is 9.47 Å². The van der Waals surface area contributed by atoms with Crippen LogP contribution in [0.3, 0.4) is 0 Å². The second-order valence-corrected chi connectivity index (χ2v) is 5.71. The summed E-state index contributed by atoms with van der Waals surface area (Å²) < 4.78 is 3.00. The van der Waals surface area contributed by atoms with Crippen molar-refractivity contribution in [3.63, 3.8) is 0 Å². The molecule has 102 valence electrons. The zero-order chi connectivity index (χ0) is 13.7. The summed E-state index contributed by atoms with van der Waals surface area (Å²) in [6, 6.07) is 2.19. The van der Waals surface area contributed by atoms with Crippen molar-refractivity contribution >= 4 is 21.8 Å². The van der Waals surface area contributed by atoms with Gasteiger partial charge in [0.25, 0.3) is 5.91 Å². The van der Waals surface area contributed by atoms with Crippen LogP contribution in [0.4, 0.5) is 0 Å². The molecule has 0 aliphatic heterocycles. The molecule has 1 unspecified atom stereocenters. The Morgan fingerprint density at radius 3 is 2.67 bits per heavy atom. The van der Waals surface area contributed by atoms with Crippen molar-refractivity contribution in [2.24, 2.45) is 0 Å². The number of nitrogens with zero attached hydrogens (tertiary/aromatic N) is 2. The smallest absolute Gasteiger partial charge is 0.270 e. The maximum Gasteiger partial charge on any atom is 0.270 e. The zero-order valence-electron chi connectivity index (χ0n) is 11.7. The predicted molar refractivity (Wildman–Crippen MR) is 78.9 cm³/mol. The number of amides is 1. The molecular formula is C14H23BrN2O. The summed E-state index contributed by atoms with van der Waals surface area (Å²) in [4.78, 5) is 14.3. The van der Waals surface area contributed by atoms with Gasteiger partial charge in [-0.3, -0.25) is 4.79 Å². The van der Waals surface area contributed by atoms with Crippen LogP contribution in [0.5, 0.6) is 0 Å². The molecule has 3 nitrogen and oxygen atoms in total. The van der Waals surface area contributed by atoms with E-state index < -0.39 is 0 Å². The topological polar surface area (TPSA) is 25.2 Å². The van der Waals surface area contributed by atoms with Gasteiger partial charge in [-0.25, -0.2) is 0 Å². The molecule has 1 atom stereocenters. The van der Waals surface area contributed by atoms with Crippen LogP contribution >= 0.6 is 15.9 Å². The molecule has 18 heavy (non-hydrogen) atoms. The highest BCUT2D eigenvalue weighted by atomic mass is 79.9. The van der Waals surface area contributed by atoms with Crippen LogP contribution in [0.25, 0.3) is 0 Å². The van der Waals surface area contributed by atoms with Crippen LogP contribution in [-0.2, 0) is 6.54 Å². The van der Waals surface area contributed by atoms with Crippen molar-refractivity contribution in [3.8, 4) is 0 Å². The quantitative estimate of drug-likeness (QED) is 0.781. The Kier molecular flexibility index (Phi) is 5.93. The molecule has 0 spiro atoms. The van der Waals surface area contributed by atoms with Crippen LogP contribution in [-0.4, -0.2) is 28.5 Å². The summed E-state index contributed by atoms with van der Waals surface area (Å²) in [5, 5.41) is 0. The van der Waals surface area contributed by atoms with Crippen molar-refractivity contribution in [2.75, 3.05) is 7.05 Å². The number of hydrogen-bond donors (Lipinski definition) is 0. The minimum absolute atomic E-state index is 0.107. The van der Waals surface area contributed by atoms with E-state index in [2.05, 4.69) is 36.7 Å². The van der Waals surface area contributed by atoms with E-state index in [0.717, 1.165) is 36.0 Å². The fourth-order valence-corrected chi connectivity index (χ4v) is 2.54. The minimum Gasteiger partial charge on any atom is -0.342 e. The summed E-state index contributed by atoms with van der Waals surface area (Å²) in [7, 11) is 1.89. The lowest BCUT2D eigenvalue weighted by molar-refractivity contribution is 0.0725. The second kappa shape index (κ2) is 6.98. The molecule has 1 rings (SSSR count). The molecule has 4 heteroatoms. The Morgan fingerprint density at radius 2 is 2.11 bits per heavy atom. The number of hydrogen-bond acceptors (Lipinski definition) is 1. The van der Waals surface area contributed by atoms with Gasteiger partial charge in [0.15, 0.2) is 0 Å². The highest BCUT2D eigenvalue weighted by molar-refractivity contribution is 9.10. The second-order valence-electron chi connectivity index (χ2n) is 4.79. The zero-order valence-corrected chi connectivity index (χ0v) is 13.3. The van der Waals surface area contributed by atoms with Crippen molar-refractivity contribution in [1.82, 2.24) is 9.47 Å². The minimum atomic E-state index is 0.107. The molecule has 1 amide bonds. The number of aryl methyl sites for hydroxylation is 1. The summed E-state index contributed by atoms with van der Waals surface area (Å²) in [6.45, 7) is 7.24. The van der Waals surface area contributed by atoms with Crippen molar-refractivity contribution in [3.05, 3.63) is 22.4 Å². The Morgan fingerprint density at radius 1 is 1.44 bits per heavy atom. The van der Waals surface area contributed by atoms with E-state index in [1.165, 1.54) is 0 Å². The van der Waals surface area contributed by atoms with Gasteiger partial charge in [-0.05, 0) is 41.8 Å². The molecule has 0 N–H and O–H groups in total. The molecule has 0 radical (unpaired) electrons. The van der Waals surface area contributed by atoms with E-state index in [1.807, 2.05) is 28.8 Å². The van der Waals surface area contributed by atoms with E-state index in [1.54, 1.807) is 0 Å². The molecule has 0 aliphatic rings.